The van der Waals surface area contributed by atoms with Gasteiger partial charge in [0, 0.05) is 31.2 Å². The van der Waals surface area contributed by atoms with E-state index < -0.39 is 0 Å². The third-order valence-electron chi connectivity index (χ3n) is 6.28. The number of likely N-dealkylation sites (tertiary alicyclic amines) is 1. The first-order valence-electron chi connectivity index (χ1n) is 9.78. The first-order chi connectivity index (χ1) is 12.2. The second-order valence-electron chi connectivity index (χ2n) is 8.14. The second kappa shape index (κ2) is 6.93. The molecule has 2 nitrogen and oxygen atoms in total. The highest BCUT2D eigenvalue weighted by atomic mass is 15.2. The van der Waals surface area contributed by atoms with E-state index in [0.29, 0.717) is 17.5 Å². The van der Waals surface area contributed by atoms with Gasteiger partial charge in [-0.25, -0.2) is 0 Å². The molecule has 0 amide bonds. The summed E-state index contributed by atoms with van der Waals surface area (Å²) in [5, 5.41) is 4.04. The van der Waals surface area contributed by atoms with Crippen LogP contribution in [0.25, 0.3) is 0 Å². The van der Waals surface area contributed by atoms with E-state index in [1.165, 1.54) is 43.5 Å². The maximum absolute atomic E-state index is 4.04. The molecule has 2 aromatic carbocycles. The van der Waals surface area contributed by atoms with Crippen molar-refractivity contribution >= 4 is 0 Å². The number of fused-ring (bicyclic) bond motifs is 1. The molecule has 1 fully saturated rings. The smallest absolute Gasteiger partial charge is 0.0299 e. The predicted molar refractivity (Wildman–Crippen MR) is 105 cm³/mol. The molecule has 2 unspecified atom stereocenters. The Balaban J connectivity index is 1.46. The number of nitrogens with one attached hydrogen (secondary N) is 1. The van der Waals surface area contributed by atoms with Crippen molar-refractivity contribution in [3.8, 4) is 0 Å². The average molecular weight is 335 g/mol. The molecule has 0 aliphatic carbocycles. The molecule has 2 aliphatic heterocycles. The number of rotatable bonds is 2. The summed E-state index contributed by atoms with van der Waals surface area (Å²) in [6.45, 7) is 8.23. The van der Waals surface area contributed by atoms with Crippen molar-refractivity contribution < 1.29 is 0 Å². The fourth-order valence-corrected chi connectivity index (χ4v) is 4.98. The van der Waals surface area contributed by atoms with Gasteiger partial charge in [0.05, 0.1) is 0 Å². The molecule has 2 atom stereocenters. The number of benzene rings is 2. The standard InChI is InChI=1S/C23H30N2/c1-18-16-23(24-19(2)22-11-7-6-10-21(18)22)12-14-25(15-13-23)17-20-8-4-3-5-9-20/h3-11,18-19,24H,12-17H2,1-2H3. The first-order valence-corrected chi connectivity index (χ1v) is 9.78. The quantitative estimate of drug-likeness (QED) is 0.842. The van der Waals surface area contributed by atoms with Gasteiger partial charge in [0.1, 0.15) is 0 Å². The molecule has 0 aromatic heterocycles. The van der Waals surface area contributed by atoms with Gasteiger partial charge >= 0.3 is 0 Å². The topological polar surface area (TPSA) is 15.3 Å². The Morgan fingerprint density at radius 1 is 0.920 bits per heavy atom. The van der Waals surface area contributed by atoms with Gasteiger partial charge in [0.2, 0.25) is 0 Å². The lowest BCUT2D eigenvalue weighted by Crippen LogP contribution is -2.53. The minimum Gasteiger partial charge on any atom is -0.305 e. The number of piperidine rings is 1. The monoisotopic (exact) mass is 334 g/mol. The van der Waals surface area contributed by atoms with E-state index in [1.807, 2.05) is 0 Å². The molecule has 2 aliphatic rings. The van der Waals surface area contributed by atoms with Gasteiger partial charge in [-0.1, -0.05) is 61.5 Å². The molecule has 2 heteroatoms. The van der Waals surface area contributed by atoms with Crippen molar-refractivity contribution in [1.82, 2.24) is 10.2 Å². The minimum absolute atomic E-state index is 0.297. The zero-order chi connectivity index (χ0) is 17.3. The zero-order valence-electron chi connectivity index (χ0n) is 15.5. The van der Waals surface area contributed by atoms with Crippen LogP contribution >= 0.6 is 0 Å². The SMILES string of the molecule is CC1CC2(CCN(Cc3ccccc3)CC2)NC(C)c2ccccc21. The molecule has 1 saturated heterocycles. The van der Waals surface area contributed by atoms with Crippen molar-refractivity contribution in [2.24, 2.45) is 0 Å². The van der Waals surface area contributed by atoms with Gasteiger partial charge < -0.3 is 5.32 Å². The molecule has 132 valence electrons. The van der Waals surface area contributed by atoms with Crippen LogP contribution in [0.2, 0.25) is 0 Å². The highest BCUT2D eigenvalue weighted by Gasteiger charge is 2.39. The summed E-state index contributed by atoms with van der Waals surface area (Å²) in [6, 6.07) is 20.4. The molecule has 1 spiro atoms. The van der Waals surface area contributed by atoms with Crippen LogP contribution in [-0.2, 0) is 6.54 Å². The number of hydrogen-bond acceptors (Lipinski definition) is 2. The minimum atomic E-state index is 0.297. The molecule has 2 aromatic rings. The van der Waals surface area contributed by atoms with Crippen molar-refractivity contribution in [3.05, 3.63) is 71.3 Å². The lowest BCUT2D eigenvalue weighted by molar-refractivity contribution is 0.112. The molecule has 2 heterocycles. The van der Waals surface area contributed by atoms with Crippen LogP contribution in [0.3, 0.4) is 0 Å². The summed E-state index contributed by atoms with van der Waals surface area (Å²) in [4.78, 5) is 2.62. The Morgan fingerprint density at radius 3 is 2.28 bits per heavy atom. The first kappa shape index (κ1) is 16.8. The zero-order valence-corrected chi connectivity index (χ0v) is 15.5. The average Bonchev–Trinajstić information content (AvgIpc) is 2.74. The fraction of sp³-hybridized carbons (Fsp3) is 0.478. The Morgan fingerprint density at radius 2 is 1.56 bits per heavy atom. The normalized spacial score (nSPS) is 26.2. The van der Waals surface area contributed by atoms with Gasteiger partial charge in [-0.15, -0.1) is 0 Å². The van der Waals surface area contributed by atoms with E-state index in [4.69, 9.17) is 0 Å². The lowest BCUT2D eigenvalue weighted by atomic mass is 9.79. The molecule has 4 rings (SSSR count). The van der Waals surface area contributed by atoms with Gasteiger partial charge in [0.15, 0.2) is 0 Å². The highest BCUT2D eigenvalue weighted by Crippen LogP contribution is 2.40. The molecular formula is C23H30N2. The summed E-state index contributed by atoms with van der Waals surface area (Å²) < 4.78 is 0. The van der Waals surface area contributed by atoms with Crippen LogP contribution in [0, 0.1) is 0 Å². The van der Waals surface area contributed by atoms with Crippen LogP contribution < -0.4 is 5.32 Å². The molecule has 25 heavy (non-hydrogen) atoms. The van der Waals surface area contributed by atoms with E-state index >= 15 is 0 Å². The van der Waals surface area contributed by atoms with Crippen LogP contribution in [0.1, 0.15) is 61.8 Å². The Bertz CT molecular complexity index is 668. The molecule has 1 N–H and O–H groups in total. The van der Waals surface area contributed by atoms with Crippen molar-refractivity contribution in [1.29, 1.82) is 0 Å². The van der Waals surface area contributed by atoms with Gasteiger partial charge in [-0.2, -0.15) is 0 Å². The summed E-state index contributed by atoms with van der Waals surface area (Å²) >= 11 is 0. The largest absolute Gasteiger partial charge is 0.305 e. The van der Waals surface area contributed by atoms with E-state index in [9.17, 15) is 0 Å². The number of hydrogen-bond donors (Lipinski definition) is 1. The summed E-state index contributed by atoms with van der Waals surface area (Å²) in [5.74, 6) is 0.634. The maximum Gasteiger partial charge on any atom is 0.0299 e. The van der Waals surface area contributed by atoms with Crippen molar-refractivity contribution in [2.45, 2.75) is 57.2 Å². The second-order valence-corrected chi connectivity index (χ2v) is 8.14. The Labute approximate surface area is 152 Å². The lowest BCUT2D eigenvalue weighted by Gasteiger charge is -2.44. The maximum atomic E-state index is 4.04. The molecular weight excluding hydrogens is 304 g/mol. The Kier molecular flexibility index (Phi) is 4.66. The Hall–Kier alpha value is -1.64. The summed E-state index contributed by atoms with van der Waals surface area (Å²) in [5.41, 5.74) is 4.77. The predicted octanol–water partition coefficient (Wildman–Crippen LogP) is 4.88. The van der Waals surface area contributed by atoms with Gasteiger partial charge in [-0.3, -0.25) is 4.90 Å². The summed E-state index contributed by atoms with van der Waals surface area (Å²) in [7, 11) is 0. The van der Waals surface area contributed by atoms with E-state index in [1.54, 1.807) is 5.56 Å². The van der Waals surface area contributed by atoms with E-state index in [-0.39, 0.29) is 0 Å². The number of nitrogens with zero attached hydrogens (tertiary/aromatic N) is 1. The van der Waals surface area contributed by atoms with Gasteiger partial charge in [-0.05, 0) is 48.8 Å². The highest BCUT2D eigenvalue weighted by molar-refractivity contribution is 5.34. The fourth-order valence-electron chi connectivity index (χ4n) is 4.98. The van der Waals surface area contributed by atoms with Crippen LogP contribution in [0.15, 0.2) is 54.6 Å². The van der Waals surface area contributed by atoms with Crippen LogP contribution in [-0.4, -0.2) is 23.5 Å². The third kappa shape index (κ3) is 3.51. The molecule has 0 radical (unpaired) electrons. The third-order valence-corrected chi connectivity index (χ3v) is 6.28. The van der Waals surface area contributed by atoms with Crippen LogP contribution in [0.4, 0.5) is 0 Å². The van der Waals surface area contributed by atoms with Crippen molar-refractivity contribution in [2.75, 3.05) is 13.1 Å². The molecule has 0 saturated carbocycles. The van der Waals surface area contributed by atoms with Crippen molar-refractivity contribution in [3.63, 3.8) is 0 Å². The molecule has 0 bridgehead atoms. The van der Waals surface area contributed by atoms with E-state index in [2.05, 4.69) is 78.7 Å². The van der Waals surface area contributed by atoms with Gasteiger partial charge in [0.25, 0.3) is 0 Å². The van der Waals surface area contributed by atoms with Crippen LogP contribution in [0.5, 0.6) is 0 Å². The van der Waals surface area contributed by atoms with E-state index in [0.717, 1.165) is 6.54 Å². The summed E-state index contributed by atoms with van der Waals surface area (Å²) in [6.07, 6.45) is 3.76.